The quantitative estimate of drug-likeness (QED) is 0.735. The first kappa shape index (κ1) is 13.2. The lowest BCUT2D eigenvalue weighted by atomic mass is 10.0. The van der Waals surface area contributed by atoms with Crippen LogP contribution in [0.3, 0.4) is 0 Å². The van der Waals surface area contributed by atoms with Gasteiger partial charge in [0.1, 0.15) is 0 Å². The van der Waals surface area contributed by atoms with Crippen molar-refractivity contribution in [1.82, 2.24) is 4.90 Å². The molecule has 0 fully saturated rings. The number of benzene rings is 1. The number of nitrogens with zero attached hydrogens (tertiary/aromatic N) is 1. The Hall–Kier alpha value is -2.20. The molecule has 0 N–H and O–H groups in total. The third kappa shape index (κ3) is 2.63. The molecule has 0 bridgehead atoms. The molecule has 0 aromatic heterocycles. The molecule has 1 aliphatic rings. The Balaban J connectivity index is 2.64. The largest absolute Gasteiger partial charge is 0.364 e. The average Bonchev–Trinajstić information content (AvgIpc) is 2.39. The summed E-state index contributed by atoms with van der Waals surface area (Å²) >= 11 is 0. The highest BCUT2D eigenvalue weighted by atomic mass is 15.2. The minimum Gasteiger partial charge on any atom is -0.364 e. The summed E-state index contributed by atoms with van der Waals surface area (Å²) in [6.07, 6.45) is 3.69. The van der Waals surface area contributed by atoms with Crippen molar-refractivity contribution in [1.29, 1.82) is 0 Å². The van der Waals surface area contributed by atoms with Gasteiger partial charge < -0.3 is 4.90 Å². The maximum absolute atomic E-state index is 3.93. The highest BCUT2D eigenvalue weighted by Gasteiger charge is 2.17. The normalized spacial score (nSPS) is 17.9. The predicted octanol–water partition coefficient (Wildman–Crippen LogP) is 3.89. The summed E-state index contributed by atoms with van der Waals surface area (Å²) in [5.74, 6) is 6.45. The number of allylic oxidation sites excluding steroid dienone is 3. The van der Waals surface area contributed by atoms with E-state index in [-0.39, 0.29) is 0 Å². The van der Waals surface area contributed by atoms with Crippen LogP contribution in [0.5, 0.6) is 0 Å². The third-order valence-corrected chi connectivity index (χ3v) is 3.30. The Morgan fingerprint density at radius 1 is 1.16 bits per heavy atom. The van der Waals surface area contributed by atoms with Crippen LogP contribution in [-0.2, 0) is 6.54 Å². The molecule has 0 unspecified atom stereocenters. The van der Waals surface area contributed by atoms with Crippen LogP contribution in [-0.4, -0.2) is 10.9 Å². The second-order valence-corrected chi connectivity index (χ2v) is 4.84. The van der Waals surface area contributed by atoms with Crippen molar-refractivity contribution in [2.75, 3.05) is 0 Å². The van der Waals surface area contributed by atoms with Crippen molar-refractivity contribution in [2.24, 2.45) is 0 Å². The van der Waals surface area contributed by atoms with Gasteiger partial charge in [-0.15, -0.1) is 0 Å². The SMILES string of the molecule is C=C/C1=C(\C=C)N(C(C)C)Cc2ccccc2C#C1. The first-order chi connectivity index (χ1) is 9.17. The van der Waals surface area contributed by atoms with E-state index in [1.165, 1.54) is 5.56 Å². The Kier molecular flexibility index (Phi) is 3.92. The molecule has 0 amide bonds. The fraction of sp³-hybridized carbons (Fsp3) is 0.222. The van der Waals surface area contributed by atoms with Gasteiger partial charge in [-0.05, 0) is 31.6 Å². The van der Waals surface area contributed by atoms with E-state index >= 15 is 0 Å². The van der Waals surface area contributed by atoms with Crippen LogP contribution in [0.4, 0.5) is 0 Å². The number of hydrogen-bond donors (Lipinski definition) is 0. The van der Waals surface area contributed by atoms with Crippen LogP contribution in [0.25, 0.3) is 0 Å². The molecule has 1 aromatic rings. The van der Waals surface area contributed by atoms with Gasteiger partial charge in [0.25, 0.3) is 0 Å². The fourth-order valence-electron chi connectivity index (χ4n) is 2.25. The first-order valence-corrected chi connectivity index (χ1v) is 6.53. The molecule has 1 aliphatic heterocycles. The molecule has 19 heavy (non-hydrogen) atoms. The Labute approximate surface area is 115 Å². The lowest BCUT2D eigenvalue weighted by molar-refractivity contribution is 0.283. The zero-order valence-electron chi connectivity index (χ0n) is 11.6. The fourth-order valence-corrected chi connectivity index (χ4v) is 2.25. The lowest BCUT2D eigenvalue weighted by Gasteiger charge is -2.32. The van der Waals surface area contributed by atoms with Crippen molar-refractivity contribution >= 4 is 0 Å². The highest BCUT2D eigenvalue weighted by molar-refractivity contribution is 5.52. The highest BCUT2D eigenvalue weighted by Crippen LogP contribution is 2.23. The smallest absolute Gasteiger partial charge is 0.0524 e. The first-order valence-electron chi connectivity index (χ1n) is 6.53. The van der Waals surface area contributed by atoms with E-state index in [9.17, 15) is 0 Å². The maximum Gasteiger partial charge on any atom is 0.0524 e. The van der Waals surface area contributed by atoms with Gasteiger partial charge in [-0.1, -0.05) is 49.3 Å². The second-order valence-electron chi connectivity index (χ2n) is 4.84. The Morgan fingerprint density at radius 3 is 2.53 bits per heavy atom. The van der Waals surface area contributed by atoms with E-state index in [1.807, 2.05) is 18.2 Å². The van der Waals surface area contributed by atoms with Crippen molar-refractivity contribution in [3.63, 3.8) is 0 Å². The third-order valence-electron chi connectivity index (χ3n) is 3.30. The molecule has 0 aliphatic carbocycles. The van der Waals surface area contributed by atoms with Crippen LogP contribution >= 0.6 is 0 Å². The molecule has 2 rings (SSSR count). The van der Waals surface area contributed by atoms with Crippen LogP contribution < -0.4 is 0 Å². The summed E-state index contributed by atoms with van der Waals surface area (Å²) in [5.41, 5.74) is 4.35. The molecule has 0 atom stereocenters. The summed E-state index contributed by atoms with van der Waals surface area (Å²) in [7, 11) is 0. The van der Waals surface area contributed by atoms with Gasteiger partial charge >= 0.3 is 0 Å². The average molecular weight is 249 g/mol. The van der Waals surface area contributed by atoms with Crippen molar-refractivity contribution in [3.8, 4) is 11.8 Å². The number of fused-ring (bicyclic) bond motifs is 1. The molecule has 1 heteroatoms. The van der Waals surface area contributed by atoms with Crippen LogP contribution in [0, 0.1) is 11.8 Å². The summed E-state index contributed by atoms with van der Waals surface area (Å²) in [6.45, 7) is 13.0. The molecule has 0 saturated heterocycles. The maximum atomic E-state index is 3.93. The van der Waals surface area contributed by atoms with Gasteiger partial charge in [-0.3, -0.25) is 0 Å². The summed E-state index contributed by atoms with van der Waals surface area (Å²) in [5, 5.41) is 0. The minimum atomic E-state index is 0.385. The van der Waals surface area contributed by atoms with E-state index in [1.54, 1.807) is 0 Å². The van der Waals surface area contributed by atoms with Gasteiger partial charge in [0.15, 0.2) is 0 Å². The molecule has 0 radical (unpaired) electrons. The summed E-state index contributed by atoms with van der Waals surface area (Å²) in [4.78, 5) is 2.32. The molecular weight excluding hydrogens is 230 g/mol. The van der Waals surface area contributed by atoms with E-state index in [4.69, 9.17) is 0 Å². The summed E-state index contributed by atoms with van der Waals surface area (Å²) < 4.78 is 0. The Morgan fingerprint density at radius 2 is 1.89 bits per heavy atom. The van der Waals surface area contributed by atoms with E-state index in [0.717, 1.165) is 23.4 Å². The molecule has 1 aromatic carbocycles. The zero-order valence-corrected chi connectivity index (χ0v) is 11.6. The molecular formula is C18H19N. The summed E-state index contributed by atoms with van der Waals surface area (Å²) in [6, 6.07) is 8.68. The number of hydrogen-bond acceptors (Lipinski definition) is 1. The van der Waals surface area contributed by atoms with Crippen molar-refractivity contribution in [3.05, 3.63) is 72.0 Å². The van der Waals surface area contributed by atoms with Gasteiger partial charge in [-0.2, -0.15) is 0 Å². The Bertz CT molecular complexity index is 594. The van der Waals surface area contributed by atoms with Gasteiger partial charge in [0.05, 0.1) is 5.70 Å². The molecule has 1 heterocycles. The standard InChI is InChI=1S/C18H19N/c1-5-15-11-12-16-9-7-8-10-17(16)13-19(14(3)4)18(15)6-2/h5-10,14H,1-2,13H2,3-4H3/b18-15-. The zero-order chi connectivity index (χ0) is 13.8. The molecule has 96 valence electrons. The van der Waals surface area contributed by atoms with E-state index in [0.29, 0.717) is 6.04 Å². The monoisotopic (exact) mass is 249 g/mol. The van der Waals surface area contributed by atoms with Crippen LogP contribution in [0.2, 0.25) is 0 Å². The number of rotatable bonds is 3. The van der Waals surface area contributed by atoms with Crippen LogP contribution in [0.1, 0.15) is 25.0 Å². The molecule has 0 saturated carbocycles. The van der Waals surface area contributed by atoms with Gasteiger partial charge in [0, 0.05) is 23.7 Å². The molecule has 1 nitrogen and oxygen atoms in total. The van der Waals surface area contributed by atoms with E-state index < -0.39 is 0 Å². The minimum absolute atomic E-state index is 0.385. The topological polar surface area (TPSA) is 3.24 Å². The van der Waals surface area contributed by atoms with Gasteiger partial charge in [-0.25, -0.2) is 0 Å². The van der Waals surface area contributed by atoms with E-state index in [2.05, 4.69) is 61.9 Å². The lowest BCUT2D eigenvalue weighted by Crippen LogP contribution is -2.30. The van der Waals surface area contributed by atoms with Crippen molar-refractivity contribution < 1.29 is 0 Å². The second kappa shape index (κ2) is 5.63. The van der Waals surface area contributed by atoms with Crippen LogP contribution in [0.15, 0.2) is 60.8 Å². The predicted molar refractivity (Wildman–Crippen MR) is 81.4 cm³/mol. The molecule has 0 spiro atoms. The van der Waals surface area contributed by atoms with Gasteiger partial charge in [0.2, 0.25) is 0 Å². The van der Waals surface area contributed by atoms with Crippen molar-refractivity contribution in [2.45, 2.75) is 26.4 Å².